The third-order valence-electron chi connectivity index (χ3n) is 2.88. The van der Waals surface area contributed by atoms with Crippen LogP contribution >= 0.6 is 11.6 Å². The molecule has 0 aromatic carbocycles. The van der Waals surface area contributed by atoms with Gasteiger partial charge in [0.15, 0.2) is 0 Å². The van der Waals surface area contributed by atoms with Crippen LogP contribution in [-0.2, 0) is 10.0 Å². The van der Waals surface area contributed by atoms with E-state index in [0.29, 0.717) is 24.9 Å². The van der Waals surface area contributed by atoms with Gasteiger partial charge in [0.2, 0.25) is 10.0 Å². The Hall–Kier alpha value is 0.200. The van der Waals surface area contributed by atoms with Crippen LogP contribution in [0.3, 0.4) is 0 Å². The van der Waals surface area contributed by atoms with Gasteiger partial charge in [-0.3, -0.25) is 0 Å². The lowest BCUT2D eigenvalue weighted by atomic mass is 10.1. The number of sulfonamides is 1. The fraction of sp³-hybridized carbons (Fsp3) is 1.00. The molecule has 1 aliphatic heterocycles. The molecule has 1 saturated heterocycles. The summed E-state index contributed by atoms with van der Waals surface area (Å²) in [5.74, 6) is 1.06. The molecule has 0 bridgehead atoms. The van der Waals surface area contributed by atoms with E-state index in [1.54, 1.807) is 25.1 Å². The molecule has 0 saturated carbocycles. The lowest BCUT2D eigenvalue weighted by Crippen LogP contribution is -2.41. The first-order valence-electron chi connectivity index (χ1n) is 5.34. The van der Waals surface area contributed by atoms with Crippen molar-refractivity contribution in [2.45, 2.75) is 38.4 Å². The van der Waals surface area contributed by atoms with Crippen molar-refractivity contribution in [1.29, 1.82) is 0 Å². The molecule has 0 amide bonds. The first kappa shape index (κ1) is 13.3. The Labute approximate surface area is 97.8 Å². The summed E-state index contributed by atoms with van der Waals surface area (Å²) in [6.07, 6.45) is 1.86. The van der Waals surface area contributed by atoms with Gasteiger partial charge in [-0.25, -0.2) is 12.7 Å². The average Bonchev–Trinajstić information content (AvgIpc) is 2.51. The normalized spacial score (nSPS) is 24.7. The number of hydrogen-bond donors (Lipinski definition) is 0. The van der Waals surface area contributed by atoms with Gasteiger partial charge < -0.3 is 0 Å². The predicted molar refractivity (Wildman–Crippen MR) is 63.7 cm³/mol. The molecule has 15 heavy (non-hydrogen) atoms. The molecule has 0 N–H and O–H groups in total. The first-order valence-corrected chi connectivity index (χ1v) is 7.32. The lowest BCUT2D eigenvalue weighted by molar-refractivity contribution is 0.433. The number of nitrogens with zero attached hydrogens (tertiary/aromatic N) is 1. The second-order valence-electron chi connectivity index (χ2n) is 5.11. The molecule has 3 nitrogen and oxygen atoms in total. The molecule has 1 unspecified atom stereocenters. The molecule has 90 valence electrons. The van der Waals surface area contributed by atoms with Crippen LogP contribution in [-0.4, -0.2) is 36.4 Å². The summed E-state index contributed by atoms with van der Waals surface area (Å²) in [4.78, 5) is 0. The highest BCUT2D eigenvalue weighted by molar-refractivity contribution is 7.90. The maximum absolute atomic E-state index is 12.1. The molecule has 1 rings (SSSR count). The monoisotopic (exact) mass is 253 g/mol. The Bertz CT molecular complexity index is 308. The molecular weight excluding hydrogens is 234 g/mol. The third kappa shape index (κ3) is 2.86. The van der Waals surface area contributed by atoms with E-state index in [9.17, 15) is 8.42 Å². The summed E-state index contributed by atoms with van der Waals surface area (Å²) >= 11 is 5.67. The SMILES string of the molecule is CC(C)(C)S(=O)(=O)N1CCC(CCCl)C1. The van der Waals surface area contributed by atoms with Crippen molar-refractivity contribution in [2.75, 3.05) is 19.0 Å². The van der Waals surface area contributed by atoms with Crippen molar-refractivity contribution in [3.05, 3.63) is 0 Å². The molecule has 1 fully saturated rings. The molecule has 1 aliphatic rings. The second-order valence-corrected chi connectivity index (χ2v) is 8.18. The number of hydrogen-bond acceptors (Lipinski definition) is 2. The minimum atomic E-state index is -3.14. The number of rotatable bonds is 3. The Morgan fingerprint density at radius 2 is 2.00 bits per heavy atom. The van der Waals surface area contributed by atoms with E-state index in [-0.39, 0.29) is 0 Å². The van der Waals surface area contributed by atoms with Gasteiger partial charge >= 0.3 is 0 Å². The van der Waals surface area contributed by atoms with E-state index in [0.717, 1.165) is 12.8 Å². The van der Waals surface area contributed by atoms with E-state index in [2.05, 4.69) is 0 Å². The fourth-order valence-electron chi connectivity index (χ4n) is 1.79. The maximum atomic E-state index is 12.1. The third-order valence-corrected chi connectivity index (χ3v) is 5.66. The number of alkyl halides is 1. The van der Waals surface area contributed by atoms with Gasteiger partial charge in [-0.1, -0.05) is 0 Å². The van der Waals surface area contributed by atoms with Crippen LogP contribution in [0.2, 0.25) is 0 Å². The smallest absolute Gasteiger partial charge is 0.212 e. The van der Waals surface area contributed by atoms with Gasteiger partial charge in [0.1, 0.15) is 0 Å². The molecule has 1 atom stereocenters. The van der Waals surface area contributed by atoms with Gasteiger partial charge in [0, 0.05) is 19.0 Å². The molecule has 0 radical (unpaired) electrons. The van der Waals surface area contributed by atoms with Crippen molar-refractivity contribution in [2.24, 2.45) is 5.92 Å². The van der Waals surface area contributed by atoms with Crippen molar-refractivity contribution >= 4 is 21.6 Å². The van der Waals surface area contributed by atoms with Crippen molar-refractivity contribution in [3.8, 4) is 0 Å². The van der Waals surface area contributed by atoms with Gasteiger partial charge in [-0.15, -0.1) is 11.6 Å². The second kappa shape index (κ2) is 4.60. The van der Waals surface area contributed by atoms with Crippen LogP contribution in [0, 0.1) is 5.92 Å². The van der Waals surface area contributed by atoms with Crippen molar-refractivity contribution in [3.63, 3.8) is 0 Å². The van der Waals surface area contributed by atoms with Crippen molar-refractivity contribution in [1.82, 2.24) is 4.31 Å². The highest BCUT2D eigenvalue weighted by Gasteiger charge is 2.38. The summed E-state index contributed by atoms with van der Waals surface area (Å²) in [6, 6.07) is 0. The van der Waals surface area contributed by atoms with E-state index in [1.807, 2.05) is 0 Å². The first-order chi connectivity index (χ1) is 6.79. The summed E-state index contributed by atoms with van der Waals surface area (Å²) in [7, 11) is -3.14. The summed E-state index contributed by atoms with van der Waals surface area (Å²) in [6.45, 7) is 6.54. The molecule has 0 aliphatic carbocycles. The van der Waals surface area contributed by atoms with Crippen LogP contribution < -0.4 is 0 Å². The fourth-order valence-corrected chi connectivity index (χ4v) is 3.63. The minimum Gasteiger partial charge on any atom is -0.212 e. The quantitative estimate of drug-likeness (QED) is 0.722. The molecule has 0 aromatic heterocycles. The van der Waals surface area contributed by atoms with Crippen LogP contribution in [0.5, 0.6) is 0 Å². The minimum absolute atomic E-state index is 0.444. The summed E-state index contributed by atoms with van der Waals surface area (Å²) in [5, 5.41) is 0. The van der Waals surface area contributed by atoms with E-state index in [4.69, 9.17) is 11.6 Å². The molecule has 1 heterocycles. The van der Waals surface area contributed by atoms with Crippen LogP contribution in [0.15, 0.2) is 0 Å². The summed E-state index contributed by atoms with van der Waals surface area (Å²) in [5.41, 5.74) is 0. The Morgan fingerprint density at radius 1 is 1.40 bits per heavy atom. The van der Waals surface area contributed by atoms with Gasteiger partial charge in [0.25, 0.3) is 0 Å². The predicted octanol–water partition coefficient (Wildman–Crippen LogP) is 2.07. The zero-order valence-electron chi connectivity index (χ0n) is 9.66. The largest absolute Gasteiger partial charge is 0.219 e. The Morgan fingerprint density at radius 3 is 2.47 bits per heavy atom. The van der Waals surface area contributed by atoms with Gasteiger partial charge in [-0.2, -0.15) is 0 Å². The highest BCUT2D eigenvalue weighted by atomic mass is 35.5. The zero-order valence-corrected chi connectivity index (χ0v) is 11.2. The van der Waals surface area contributed by atoms with Crippen LogP contribution in [0.4, 0.5) is 0 Å². The number of halogens is 1. The van der Waals surface area contributed by atoms with Gasteiger partial charge in [-0.05, 0) is 39.5 Å². The molecular formula is C10H20ClNO2S. The van der Waals surface area contributed by atoms with Crippen LogP contribution in [0.1, 0.15) is 33.6 Å². The van der Waals surface area contributed by atoms with E-state index >= 15 is 0 Å². The van der Waals surface area contributed by atoms with Gasteiger partial charge in [0.05, 0.1) is 4.75 Å². The lowest BCUT2D eigenvalue weighted by Gasteiger charge is -2.26. The molecule has 5 heteroatoms. The van der Waals surface area contributed by atoms with E-state index < -0.39 is 14.8 Å². The van der Waals surface area contributed by atoms with E-state index in [1.165, 1.54) is 0 Å². The molecule has 0 spiro atoms. The highest BCUT2D eigenvalue weighted by Crippen LogP contribution is 2.28. The molecule has 0 aromatic rings. The standard InChI is InChI=1S/C10H20ClNO2S/c1-10(2,3)15(13,14)12-7-5-9(8-12)4-6-11/h9H,4-8H2,1-3H3. The Balaban J connectivity index is 2.69. The Kier molecular flexibility index (Phi) is 4.07. The van der Waals surface area contributed by atoms with Crippen molar-refractivity contribution < 1.29 is 8.42 Å². The summed E-state index contributed by atoms with van der Waals surface area (Å²) < 4.78 is 25.1. The van der Waals surface area contributed by atoms with Crippen LogP contribution in [0.25, 0.3) is 0 Å². The maximum Gasteiger partial charge on any atom is 0.219 e. The average molecular weight is 254 g/mol. The zero-order chi connectivity index (χ0) is 11.7. The topological polar surface area (TPSA) is 37.4 Å².